The second-order valence-corrected chi connectivity index (χ2v) is 10.3. The van der Waals surface area contributed by atoms with Gasteiger partial charge in [-0.05, 0) is 48.7 Å². The molecule has 2 heterocycles. The highest BCUT2D eigenvalue weighted by molar-refractivity contribution is 6.31. The molecule has 210 valence electrons. The molecule has 2 aromatic rings. The zero-order valence-corrected chi connectivity index (χ0v) is 20.4. The summed E-state index contributed by atoms with van der Waals surface area (Å²) in [5, 5.41) is 31.2. The van der Waals surface area contributed by atoms with Gasteiger partial charge in [-0.2, -0.15) is 26.3 Å². The highest BCUT2D eigenvalue weighted by atomic mass is 35.5. The Balaban J connectivity index is 1.57. The number of carbonyl (C=O) groups is 2. The third-order valence-corrected chi connectivity index (χ3v) is 8.07. The van der Waals surface area contributed by atoms with Gasteiger partial charge in [0.25, 0.3) is 0 Å². The van der Waals surface area contributed by atoms with E-state index < -0.39 is 83.2 Å². The van der Waals surface area contributed by atoms with E-state index >= 15 is 0 Å². The fourth-order valence-electron chi connectivity index (χ4n) is 5.99. The van der Waals surface area contributed by atoms with Crippen LogP contribution in [0.4, 0.5) is 32.0 Å². The minimum atomic E-state index is -5.20. The summed E-state index contributed by atoms with van der Waals surface area (Å²) in [5.41, 5.74) is -3.97. The van der Waals surface area contributed by atoms with E-state index in [2.05, 4.69) is 0 Å². The van der Waals surface area contributed by atoms with Crippen LogP contribution in [0.3, 0.4) is 0 Å². The van der Waals surface area contributed by atoms with Crippen molar-refractivity contribution in [2.45, 2.75) is 37.1 Å². The van der Waals surface area contributed by atoms with Gasteiger partial charge < -0.3 is 20.1 Å². The van der Waals surface area contributed by atoms with Gasteiger partial charge in [-0.1, -0.05) is 17.7 Å². The first kappa shape index (κ1) is 27.7. The van der Waals surface area contributed by atoms with E-state index in [0.29, 0.717) is 22.6 Å². The first-order chi connectivity index (χ1) is 18.1. The number of imide groups is 1. The molecule has 2 aliphatic heterocycles. The Morgan fingerprint density at radius 2 is 1.59 bits per heavy atom. The van der Waals surface area contributed by atoms with Crippen LogP contribution in [0.2, 0.25) is 5.02 Å². The number of hydrogen-bond donors (Lipinski definition) is 3. The molecule has 0 aromatic heterocycles. The molecule has 6 atom stereocenters. The molecule has 2 saturated heterocycles. The number of halogens is 7. The molecular formula is C25H20ClF6NO6. The van der Waals surface area contributed by atoms with Crippen molar-refractivity contribution < 1.29 is 56.0 Å². The van der Waals surface area contributed by atoms with Gasteiger partial charge in [0.2, 0.25) is 11.8 Å². The Bertz CT molecular complexity index is 1320. The van der Waals surface area contributed by atoms with Gasteiger partial charge in [0, 0.05) is 11.8 Å². The minimum absolute atomic E-state index is 0.0680. The van der Waals surface area contributed by atoms with Crippen molar-refractivity contribution in [3.05, 3.63) is 58.1 Å². The van der Waals surface area contributed by atoms with Gasteiger partial charge in [0.05, 0.1) is 46.4 Å². The number of rotatable bonds is 3. The number of ether oxygens (including phenoxy) is 1. The number of amides is 2. The number of phenolic OH excluding ortho intramolecular Hbond substituents is 1. The van der Waals surface area contributed by atoms with Gasteiger partial charge in [-0.25, -0.2) is 0 Å². The Morgan fingerprint density at radius 3 is 2.13 bits per heavy atom. The lowest BCUT2D eigenvalue weighted by atomic mass is 9.64. The molecule has 2 amide bonds. The van der Waals surface area contributed by atoms with Crippen LogP contribution < -0.4 is 4.90 Å². The van der Waals surface area contributed by atoms with E-state index in [4.69, 9.17) is 16.3 Å². The molecule has 3 fully saturated rings. The number of phenols is 1. The van der Waals surface area contributed by atoms with Gasteiger partial charge in [0.15, 0.2) is 5.79 Å². The SMILES string of the molecule is O=C1[C@H]2[C@H](C[C@H](CO)[C@@]3(O)O[C@H](c4ccc(O)cc4Cl)C[C@@H]23)C(=O)N1c1cc(C(F)(F)F)cc(C(F)(F)F)c1. The Hall–Kier alpha value is -2.87. The number of nitrogens with zero attached hydrogens (tertiary/aromatic N) is 1. The van der Waals surface area contributed by atoms with E-state index in [1.54, 1.807) is 0 Å². The summed E-state index contributed by atoms with van der Waals surface area (Å²) in [4.78, 5) is 27.2. The van der Waals surface area contributed by atoms with E-state index in [0.717, 1.165) is 0 Å². The van der Waals surface area contributed by atoms with E-state index in [9.17, 15) is 51.3 Å². The molecule has 2 aromatic carbocycles. The summed E-state index contributed by atoms with van der Waals surface area (Å²) >= 11 is 6.21. The van der Waals surface area contributed by atoms with Crippen LogP contribution in [0, 0.1) is 23.7 Å². The largest absolute Gasteiger partial charge is 0.508 e. The zero-order chi connectivity index (χ0) is 28.7. The fourth-order valence-corrected chi connectivity index (χ4v) is 6.28. The van der Waals surface area contributed by atoms with Crippen LogP contribution in [0.1, 0.15) is 35.6 Å². The summed E-state index contributed by atoms with van der Waals surface area (Å²) in [6, 6.07) is 4.42. The second kappa shape index (κ2) is 9.08. The van der Waals surface area contributed by atoms with Crippen molar-refractivity contribution in [2.75, 3.05) is 11.5 Å². The molecule has 1 saturated carbocycles. The van der Waals surface area contributed by atoms with E-state index in [1.807, 2.05) is 0 Å². The maximum Gasteiger partial charge on any atom is 0.416 e. The van der Waals surface area contributed by atoms with Crippen LogP contribution >= 0.6 is 11.6 Å². The van der Waals surface area contributed by atoms with Gasteiger partial charge >= 0.3 is 12.4 Å². The summed E-state index contributed by atoms with van der Waals surface area (Å²) < 4.78 is 86.5. The summed E-state index contributed by atoms with van der Waals surface area (Å²) in [7, 11) is 0. The Kier molecular flexibility index (Phi) is 6.45. The number of aliphatic hydroxyl groups excluding tert-OH is 1. The van der Waals surface area contributed by atoms with Gasteiger partial charge in [-0.3, -0.25) is 14.5 Å². The third kappa shape index (κ3) is 4.45. The average molecular weight is 580 g/mol. The first-order valence-electron chi connectivity index (χ1n) is 11.7. The fraction of sp³-hybridized carbons (Fsp3) is 0.440. The molecule has 1 aliphatic carbocycles. The van der Waals surface area contributed by atoms with Crippen molar-refractivity contribution in [3.63, 3.8) is 0 Å². The molecule has 0 bridgehead atoms. The number of benzene rings is 2. The van der Waals surface area contributed by atoms with Crippen molar-refractivity contribution in [1.82, 2.24) is 0 Å². The van der Waals surface area contributed by atoms with E-state index in [1.165, 1.54) is 18.2 Å². The number of hydrogen-bond acceptors (Lipinski definition) is 6. The molecule has 3 aliphatic rings. The molecular weight excluding hydrogens is 560 g/mol. The molecule has 39 heavy (non-hydrogen) atoms. The lowest BCUT2D eigenvalue weighted by Crippen LogP contribution is -2.54. The third-order valence-electron chi connectivity index (χ3n) is 7.75. The van der Waals surface area contributed by atoms with E-state index in [-0.39, 0.29) is 29.7 Å². The quantitative estimate of drug-likeness (QED) is 0.361. The predicted octanol–water partition coefficient (Wildman–Crippen LogP) is 4.67. The molecule has 0 radical (unpaired) electrons. The molecule has 0 spiro atoms. The molecule has 5 rings (SSSR count). The predicted molar refractivity (Wildman–Crippen MR) is 121 cm³/mol. The number of carbonyl (C=O) groups excluding carboxylic acids is 2. The maximum atomic E-state index is 13.6. The van der Waals surface area contributed by atoms with Crippen LogP contribution in [0.15, 0.2) is 36.4 Å². The topological polar surface area (TPSA) is 107 Å². The Labute approximate surface area is 221 Å². The average Bonchev–Trinajstić information content (AvgIpc) is 3.30. The van der Waals surface area contributed by atoms with Crippen molar-refractivity contribution in [3.8, 4) is 5.75 Å². The second-order valence-electron chi connectivity index (χ2n) is 9.93. The summed E-state index contributed by atoms with van der Waals surface area (Å²) in [6.45, 7) is -0.685. The Morgan fingerprint density at radius 1 is 0.974 bits per heavy atom. The summed E-state index contributed by atoms with van der Waals surface area (Å²) in [5.74, 6) is -9.28. The smallest absolute Gasteiger partial charge is 0.416 e. The standard InChI is InChI=1S/C25H20ClF6NO6/c26-18-7-14(35)1-2-15(18)19-8-17-20-16(6-12(9-34)23(17,38)39-19)21(36)33(22(20)37)13-4-10(24(27,28)29)3-11(5-13)25(30,31)32/h1-5,7,12,16-17,19-20,34-35,38H,6,8-9H2/t12-,16+,17+,19+,20+,23-/m1/s1. The van der Waals surface area contributed by atoms with Crippen LogP contribution in [0.25, 0.3) is 0 Å². The van der Waals surface area contributed by atoms with Crippen molar-refractivity contribution in [1.29, 1.82) is 0 Å². The van der Waals surface area contributed by atoms with Crippen molar-refractivity contribution in [2.24, 2.45) is 23.7 Å². The lowest BCUT2D eigenvalue weighted by Gasteiger charge is -2.44. The molecule has 3 N–H and O–H groups in total. The van der Waals surface area contributed by atoms with Crippen LogP contribution in [-0.4, -0.2) is 39.5 Å². The first-order valence-corrected chi connectivity index (χ1v) is 12.1. The van der Waals surface area contributed by atoms with Crippen LogP contribution in [0.5, 0.6) is 5.75 Å². The highest BCUT2D eigenvalue weighted by Gasteiger charge is 2.67. The number of fused-ring (bicyclic) bond motifs is 3. The van der Waals surface area contributed by atoms with Crippen LogP contribution in [-0.2, 0) is 26.7 Å². The number of alkyl halides is 6. The lowest BCUT2D eigenvalue weighted by molar-refractivity contribution is -0.274. The molecule has 7 nitrogen and oxygen atoms in total. The van der Waals surface area contributed by atoms with Gasteiger partial charge in [0.1, 0.15) is 5.75 Å². The summed E-state index contributed by atoms with van der Waals surface area (Å²) in [6.07, 6.45) is -11.8. The number of anilines is 1. The number of aromatic hydroxyl groups is 1. The monoisotopic (exact) mass is 579 g/mol. The van der Waals surface area contributed by atoms with Gasteiger partial charge in [-0.15, -0.1) is 0 Å². The number of aliphatic hydroxyl groups is 2. The molecule has 14 heteroatoms. The minimum Gasteiger partial charge on any atom is -0.508 e. The maximum absolute atomic E-state index is 13.6. The normalized spacial score (nSPS) is 31.0. The van der Waals surface area contributed by atoms with Crippen molar-refractivity contribution >= 4 is 29.1 Å². The zero-order valence-electron chi connectivity index (χ0n) is 19.6. The highest BCUT2D eigenvalue weighted by Crippen LogP contribution is 2.59. The molecule has 0 unspecified atom stereocenters.